The number of rotatable bonds is 6. The van der Waals surface area contributed by atoms with E-state index in [1.165, 1.54) is 4.88 Å². The highest BCUT2D eigenvalue weighted by Gasteiger charge is 2.37. The zero-order chi connectivity index (χ0) is 15.3. The molecule has 3 N–H and O–H groups in total. The van der Waals surface area contributed by atoms with E-state index in [0.29, 0.717) is 0 Å². The maximum absolute atomic E-state index is 12.1. The molecule has 0 aromatic carbocycles. The van der Waals surface area contributed by atoms with Crippen molar-refractivity contribution in [2.24, 2.45) is 0 Å². The molecule has 2 rings (SSSR count). The maximum Gasteiger partial charge on any atom is 0.315 e. The Bertz CT molecular complexity index is 481. The van der Waals surface area contributed by atoms with Gasteiger partial charge in [-0.25, -0.2) is 4.79 Å². The molecule has 0 bridgehead atoms. The van der Waals surface area contributed by atoms with Crippen molar-refractivity contribution in [2.75, 3.05) is 0 Å². The van der Waals surface area contributed by atoms with Crippen molar-refractivity contribution in [3.8, 4) is 0 Å². The molecule has 1 aliphatic rings. The molecule has 116 valence electrons. The lowest BCUT2D eigenvalue weighted by atomic mass is 9.93. The largest absolute Gasteiger partial charge is 0.481 e. The Morgan fingerprint density at radius 3 is 2.71 bits per heavy atom. The van der Waals surface area contributed by atoms with Gasteiger partial charge in [0.25, 0.3) is 0 Å². The van der Waals surface area contributed by atoms with Crippen molar-refractivity contribution in [3.63, 3.8) is 0 Å². The second-order valence-electron chi connectivity index (χ2n) is 5.84. The predicted molar refractivity (Wildman–Crippen MR) is 82.6 cm³/mol. The van der Waals surface area contributed by atoms with Gasteiger partial charge in [-0.05, 0) is 31.2 Å². The van der Waals surface area contributed by atoms with E-state index < -0.39 is 11.5 Å². The number of thiophene rings is 1. The van der Waals surface area contributed by atoms with E-state index in [0.717, 1.165) is 32.1 Å². The first-order valence-corrected chi connectivity index (χ1v) is 8.20. The standard InChI is InChI=1S/C15H22N2O3S/c1-11(9-12-5-4-8-21-12)16-14(20)17-15(10-13(18)19)6-2-3-7-15/h4-5,8,11H,2-3,6-7,9-10H2,1H3,(H,18,19)(H2,16,17,20). The molecule has 1 fully saturated rings. The molecule has 0 radical (unpaired) electrons. The minimum atomic E-state index is -0.858. The van der Waals surface area contributed by atoms with Crippen molar-refractivity contribution >= 4 is 23.3 Å². The number of hydrogen-bond donors (Lipinski definition) is 3. The van der Waals surface area contributed by atoms with Crippen LogP contribution in [0.5, 0.6) is 0 Å². The van der Waals surface area contributed by atoms with Crippen molar-refractivity contribution in [1.82, 2.24) is 10.6 Å². The van der Waals surface area contributed by atoms with Gasteiger partial charge in [0.2, 0.25) is 0 Å². The Morgan fingerprint density at radius 1 is 1.43 bits per heavy atom. The SMILES string of the molecule is CC(Cc1cccs1)NC(=O)NC1(CC(=O)O)CCCC1. The van der Waals surface area contributed by atoms with Crippen LogP contribution in [0.15, 0.2) is 17.5 Å². The minimum absolute atomic E-state index is 0.000272. The number of hydrogen-bond acceptors (Lipinski definition) is 3. The highest BCUT2D eigenvalue weighted by Crippen LogP contribution is 2.32. The number of carboxylic acids is 1. The van der Waals surface area contributed by atoms with Gasteiger partial charge in [-0.15, -0.1) is 11.3 Å². The lowest BCUT2D eigenvalue weighted by Gasteiger charge is -2.29. The van der Waals surface area contributed by atoms with Crippen molar-refractivity contribution < 1.29 is 14.7 Å². The molecule has 1 saturated carbocycles. The lowest BCUT2D eigenvalue weighted by molar-refractivity contribution is -0.138. The second-order valence-corrected chi connectivity index (χ2v) is 6.87. The number of carboxylic acid groups (broad SMARTS) is 1. The third-order valence-corrected chi connectivity index (χ3v) is 4.79. The second kappa shape index (κ2) is 6.93. The van der Waals surface area contributed by atoms with Gasteiger partial charge in [-0.2, -0.15) is 0 Å². The van der Waals surface area contributed by atoms with Crippen LogP contribution in [0.4, 0.5) is 4.79 Å². The van der Waals surface area contributed by atoms with Gasteiger partial charge < -0.3 is 15.7 Å². The first-order chi connectivity index (χ1) is 9.99. The van der Waals surface area contributed by atoms with Gasteiger partial charge in [-0.1, -0.05) is 18.9 Å². The van der Waals surface area contributed by atoms with Crippen LogP contribution < -0.4 is 10.6 Å². The molecule has 1 atom stereocenters. The average molecular weight is 310 g/mol. The van der Waals surface area contributed by atoms with Crippen molar-refractivity contribution in [3.05, 3.63) is 22.4 Å². The summed E-state index contributed by atoms with van der Waals surface area (Å²) < 4.78 is 0. The molecule has 1 heterocycles. The highest BCUT2D eigenvalue weighted by molar-refractivity contribution is 7.09. The Labute approximate surface area is 128 Å². The summed E-state index contributed by atoms with van der Waals surface area (Å²) in [5, 5.41) is 16.9. The van der Waals surface area contributed by atoms with E-state index in [9.17, 15) is 9.59 Å². The molecule has 5 nitrogen and oxygen atoms in total. The molecule has 1 unspecified atom stereocenters. The minimum Gasteiger partial charge on any atom is -0.481 e. The van der Waals surface area contributed by atoms with Crippen LogP contribution in [0, 0.1) is 0 Å². The predicted octanol–water partition coefficient (Wildman–Crippen LogP) is 2.77. The monoisotopic (exact) mass is 310 g/mol. The smallest absolute Gasteiger partial charge is 0.315 e. The number of carbonyl (C=O) groups excluding carboxylic acids is 1. The van der Waals surface area contributed by atoms with Crippen LogP contribution in [0.25, 0.3) is 0 Å². The van der Waals surface area contributed by atoms with Gasteiger partial charge >= 0.3 is 12.0 Å². The van der Waals surface area contributed by atoms with E-state index in [1.807, 2.05) is 24.4 Å². The molecule has 0 spiro atoms. The summed E-state index contributed by atoms with van der Waals surface area (Å²) in [6.07, 6.45) is 4.21. The fourth-order valence-corrected chi connectivity index (χ4v) is 3.80. The summed E-state index contributed by atoms with van der Waals surface area (Å²) in [5.41, 5.74) is -0.571. The van der Waals surface area contributed by atoms with E-state index in [4.69, 9.17) is 5.11 Å². The molecule has 0 aliphatic heterocycles. The zero-order valence-corrected chi connectivity index (χ0v) is 13.0. The maximum atomic E-state index is 12.1. The Morgan fingerprint density at radius 2 is 2.14 bits per heavy atom. The van der Waals surface area contributed by atoms with Crippen LogP contribution in [0.1, 0.15) is 43.9 Å². The fraction of sp³-hybridized carbons (Fsp3) is 0.600. The summed E-state index contributed by atoms with van der Waals surface area (Å²) in [6, 6.07) is 3.80. The number of carbonyl (C=O) groups is 2. The summed E-state index contributed by atoms with van der Waals surface area (Å²) >= 11 is 1.67. The Hall–Kier alpha value is -1.56. The van der Waals surface area contributed by atoms with Crippen LogP contribution in [0.3, 0.4) is 0 Å². The van der Waals surface area contributed by atoms with Crippen LogP contribution >= 0.6 is 11.3 Å². The lowest BCUT2D eigenvalue weighted by Crippen LogP contribution is -2.53. The molecular formula is C15H22N2O3S. The normalized spacial score (nSPS) is 18.1. The first-order valence-electron chi connectivity index (χ1n) is 7.32. The van der Waals surface area contributed by atoms with Gasteiger partial charge in [0.05, 0.1) is 12.0 Å². The van der Waals surface area contributed by atoms with Crippen molar-refractivity contribution in [2.45, 2.75) is 57.0 Å². The Balaban J connectivity index is 1.86. The molecule has 2 amide bonds. The number of aliphatic carboxylic acids is 1. The van der Waals surface area contributed by atoms with Gasteiger partial charge in [0, 0.05) is 17.3 Å². The van der Waals surface area contributed by atoms with E-state index in [-0.39, 0.29) is 18.5 Å². The van der Waals surface area contributed by atoms with Crippen LogP contribution in [-0.2, 0) is 11.2 Å². The topological polar surface area (TPSA) is 78.4 Å². The molecule has 1 aromatic heterocycles. The zero-order valence-electron chi connectivity index (χ0n) is 12.2. The molecule has 6 heteroatoms. The van der Waals surface area contributed by atoms with E-state index in [2.05, 4.69) is 10.6 Å². The third-order valence-electron chi connectivity index (χ3n) is 3.89. The molecular weight excluding hydrogens is 288 g/mol. The molecule has 1 aliphatic carbocycles. The highest BCUT2D eigenvalue weighted by atomic mass is 32.1. The van der Waals surface area contributed by atoms with Gasteiger partial charge in [0.1, 0.15) is 0 Å². The Kier molecular flexibility index (Phi) is 5.22. The van der Waals surface area contributed by atoms with Gasteiger partial charge in [-0.3, -0.25) is 4.79 Å². The first kappa shape index (κ1) is 15.8. The molecule has 0 saturated heterocycles. The van der Waals surface area contributed by atoms with Crippen LogP contribution in [-0.4, -0.2) is 28.7 Å². The summed E-state index contributed by atoms with van der Waals surface area (Å²) in [4.78, 5) is 24.3. The van der Waals surface area contributed by atoms with E-state index >= 15 is 0 Å². The fourth-order valence-electron chi connectivity index (χ4n) is 2.97. The summed E-state index contributed by atoms with van der Waals surface area (Å²) in [7, 11) is 0. The van der Waals surface area contributed by atoms with Crippen LogP contribution in [0.2, 0.25) is 0 Å². The summed E-state index contributed by atoms with van der Waals surface area (Å²) in [6.45, 7) is 1.96. The van der Waals surface area contributed by atoms with Crippen molar-refractivity contribution in [1.29, 1.82) is 0 Å². The van der Waals surface area contributed by atoms with E-state index in [1.54, 1.807) is 11.3 Å². The number of amides is 2. The third kappa shape index (κ3) is 4.74. The number of urea groups is 1. The van der Waals surface area contributed by atoms with Gasteiger partial charge in [0.15, 0.2) is 0 Å². The molecule has 21 heavy (non-hydrogen) atoms. The average Bonchev–Trinajstić information content (AvgIpc) is 3.00. The summed E-state index contributed by atoms with van der Waals surface area (Å²) in [5.74, 6) is -0.858. The quantitative estimate of drug-likeness (QED) is 0.756. The number of nitrogens with one attached hydrogen (secondary N) is 2. The molecule has 1 aromatic rings.